The van der Waals surface area contributed by atoms with Crippen LogP contribution in [0.3, 0.4) is 0 Å². The number of ether oxygens (including phenoxy) is 3. The van der Waals surface area contributed by atoms with E-state index >= 15 is 0 Å². The highest BCUT2D eigenvalue weighted by Gasteiger charge is 2.22. The van der Waals surface area contributed by atoms with Crippen LogP contribution in [0.2, 0.25) is 0 Å². The molecule has 1 heterocycles. The molecule has 0 N–H and O–H groups in total. The van der Waals surface area contributed by atoms with Gasteiger partial charge in [0.2, 0.25) is 5.75 Å². The molecule has 0 saturated heterocycles. The second kappa shape index (κ2) is 12.3. The van der Waals surface area contributed by atoms with E-state index in [1.807, 2.05) is 48.5 Å². The Kier molecular flexibility index (Phi) is 8.67. The minimum absolute atomic E-state index is 0.170. The second-order valence-corrected chi connectivity index (χ2v) is 11.2. The zero-order valence-corrected chi connectivity index (χ0v) is 25.0. The van der Waals surface area contributed by atoms with Gasteiger partial charge in [0.15, 0.2) is 11.5 Å². The molecule has 0 amide bonds. The zero-order chi connectivity index (χ0) is 27.4. The van der Waals surface area contributed by atoms with Gasteiger partial charge in [-0.15, -0.1) is 0 Å². The van der Waals surface area contributed by atoms with E-state index in [1.165, 1.54) is 11.1 Å². The molecular formula is C30H29Br2N3O4. The number of benzene rings is 3. The summed E-state index contributed by atoms with van der Waals surface area (Å²) in [6, 6.07) is 17.0. The van der Waals surface area contributed by atoms with Crippen molar-refractivity contribution >= 4 is 49.0 Å². The lowest BCUT2D eigenvalue weighted by Gasteiger charge is -2.22. The lowest BCUT2D eigenvalue weighted by atomic mass is 9.88. The molecule has 1 aromatic heterocycles. The van der Waals surface area contributed by atoms with E-state index in [0.29, 0.717) is 46.1 Å². The van der Waals surface area contributed by atoms with Crippen molar-refractivity contribution in [3.63, 3.8) is 0 Å². The molecule has 0 aliphatic heterocycles. The molecule has 1 aliphatic carbocycles. The van der Waals surface area contributed by atoms with Crippen molar-refractivity contribution < 1.29 is 14.2 Å². The SMILES string of the molecule is COc1cc(C=Nn2c(C3CCCCC3)nc3ccccc3c2=O)cc(OC)c1OCc1ccc(Br)cc1Br. The summed E-state index contributed by atoms with van der Waals surface area (Å²) in [5.41, 5.74) is 2.22. The smallest absolute Gasteiger partial charge is 0.282 e. The first-order chi connectivity index (χ1) is 19.0. The van der Waals surface area contributed by atoms with Crippen LogP contribution < -0.4 is 19.8 Å². The van der Waals surface area contributed by atoms with E-state index in [2.05, 4.69) is 37.0 Å². The lowest BCUT2D eigenvalue weighted by molar-refractivity contribution is 0.265. The Balaban J connectivity index is 1.50. The van der Waals surface area contributed by atoms with Crippen molar-refractivity contribution in [2.24, 2.45) is 5.10 Å². The van der Waals surface area contributed by atoms with Gasteiger partial charge in [0, 0.05) is 26.0 Å². The summed E-state index contributed by atoms with van der Waals surface area (Å²) in [6.07, 6.45) is 7.12. The standard InChI is InChI=1S/C30H29Br2N3O4/c1-37-26-14-19(15-27(38-2)28(26)39-18-21-12-13-22(31)16-24(21)32)17-33-35-29(20-8-4-3-5-9-20)34-25-11-7-6-10-23(25)30(35)36/h6-7,10-17,20H,3-5,8-9,18H2,1-2H3. The van der Waals surface area contributed by atoms with Gasteiger partial charge in [-0.1, -0.05) is 69.3 Å². The van der Waals surface area contributed by atoms with Crippen molar-refractivity contribution in [2.75, 3.05) is 14.2 Å². The summed E-state index contributed by atoms with van der Waals surface area (Å²) < 4.78 is 20.8. The van der Waals surface area contributed by atoms with Crippen LogP contribution in [-0.2, 0) is 6.61 Å². The Morgan fingerprint density at radius 3 is 2.41 bits per heavy atom. The average molecular weight is 655 g/mol. The fourth-order valence-electron chi connectivity index (χ4n) is 4.91. The van der Waals surface area contributed by atoms with E-state index in [-0.39, 0.29) is 11.5 Å². The van der Waals surface area contributed by atoms with E-state index in [1.54, 1.807) is 26.5 Å². The van der Waals surface area contributed by atoms with Crippen LogP contribution in [0.1, 0.15) is 55.0 Å². The topological polar surface area (TPSA) is 74.9 Å². The maximum absolute atomic E-state index is 13.5. The fraction of sp³-hybridized carbons (Fsp3) is 0.300. The van der Waals surface area contributed by atoms with Gasteiger partial charge in [0.1, 0.15) is 12.4 Å². The summed E-state index contributed by atoms with van der Waals surface area (Å²) in [5.74, 6) is 2.40. The minimum Gasteiger partial charge on any atom is -0.493 e. The quantitative estimate of drug-likeness (QED) is 0.185. The Hall–Kier alpha value is -3.17. The monoisotopic (exact) mass is 653 g/mol. The number of rotatable bonds is 8. The number of fused-ring (bicyclic) bond motifs is 1. The maximum atomic E-state index is 13.5. The van der Waals surface area contributed by atoms with Gasteiger partial charge in [-0.25, -0.2) is 4.98 Å². The third-order valence-electron chi connectivity index (χ3n) is 6.94. The second-order valence-electron chi connectivity index (χ2n) is 9.46. The molecule has 4 aromatic rings. The number of para-hydroxylation sites is 1. The fourth-order valence-corrected chi connectivity index (χ4v) is 6.07. The van der Waals surface area contributed by atoms with Gasteiger partial charge in [-0.05, 0) is 49.2 Å². The molecule has 3 aromatic carbocycles. The largest absolute Gasteiger partial charge is 0.493 e. The molecule has 7 nitrogen and oxygen atoms in total. The van der Waals surface area contributed by atoms with Gasteiger partial charge in [-0.3, -0.25) is 4.79 Å². The Labute approximate surface area is 244 Å². The number of aromatic nitrogens is 2. The highest BCUT2D eigenvalue weighted by Crippen LogP contribution is 2.39. The van der Waals surface area contributed by atoms with Gasteiger partial charge in [-0.2, -0.15) is 9.78 Å². The molecule has 1 saturated carbocycles. The predicted octanol–water partition coefficient (Wildman–Crippen LogP) is 7.45. The van der Waals surface area contributed by atoms with Crippen LogP contribution in [-0.4, -0.2) is 30.1 Å². The molecule has 202 valence electrons. The number of hydrogen-bond acceptors (Lipinski definition) is 6. The van der Waals surface area contributed by atoms with E-state index in [0.717, 1.165) is 40.2 Å². The number of methoxy groups -OCH3 is 2. The molecule has 1 fully saturated rings. The van der Waals surface area contributed by atoms with Crippen LogP contribution >= 0.6 is 31.9 Å². The normalized spacial score (nSPS) is 14.2. The molecule has 0 radical (unpaired) electrons. The van der Waals surface area contributed by atoms with Crippen LogP contribution in [0, 0.1) is 0 Å². The zero-order valence-electron chi connectivity index (χ0n) is 21.8. The van der Waals surface area contributed by atoms with Crippen LogP contribution in [0.4, 0.5) is 0 Å². The van der Waals surface area contributed by atoms with Crippen molar-refractivity contribution in [2.45, 2.75) is 44.6 Å². The first-order valence-electron chi connectivity index (χ1n) is 12.9. The molecule has 0 bridgehead atoms. The average Bonchev–Trinajstić information content (AvgIpc) is 2.96. The molecular weight excluding hydrogens is 626 g/mol. The van der Waals surface area contributed by atoms with Gasteiger partial charge in [0.25, 0.3) is 5.56 Å². The van der Waals surface area contributed by atoms with Gasteiger partial charge in [0.05, 0.1) is 31.3 Å². The summed E-state index contributed by atoms with van der Waals surface area (Å²) >= 11 is 7.05. The summed E-state index contributed by atoms with van der Waals surface area (Å²) in [5, 5.41) is 5.20. The third kappa shape index (κ3) is 6.04. The molecule has 0 spiro atoms. The lowest BCUT2D eigenvalue weighted by Crippen LogP contribution is -2.25. The number of halogens is 2. The highest BCUT2D eigenvalue weighted by atomic mass is 79.9. The third-order valence-corrected chi connectivity index (χ3v) is 8.17. The maximum Gasteiger partial charge on any atom is 0.282 e. The minimum atomic E-state index is -0.170. The van der Waals surface area contributed by atoms with E-state index in [4.69, 9.17) is 19.2 Å². The number of nitrogens with zero attached hydrogens (tertiary/aromatic N) is 3. The first kappa shape index (κ1) is 27.4. The van der Waals surface area contributed by atoms with E-state index < -0.39 is 0 Å². The van der Waals surface area contributed by atoms with Gasteiger partial charge < -0.3 is 14.2 Å². The highest BCUT2D eigenvalue weighted by molar-refractivity contribution is 9.11. The molecule has 1 aliphatic rings. The molecule has 9 heteroatoms. The predicted molar refractivity (Wildman–Crippen MR) is 161 cm³/mol. The number of hydrogen-bond donors (Lipinski definition) is 0. The van der Waals surface area contributed by atoms with Crippen LogP contribution in [0.5, 0.6) is 17.2 Å². The summed E-state index contributed by atoms with van der Waals surface area (Å²) in [7, 11) is 3.16. The van der Waals surface area contributed by atoms with Crippen LogP contribution in [0.25, 0.3) is 10.9 Å². The summed E-state index contributed by atoms with van der Waals surface area (Å²) in [6.45, 7) is 0.316. The Bertz CT molecular complexity index is 1550. The van der Waals surface area contributed by atoms with Crippen LogP contribution in [0.15, 0.2) is 73.4 Å². The first-order valence-corrected chi connectivity index (χ1v) is 14.5. The van der Waals surface area contributed by atoms with Crippen molar-refractivity contribution in [3.8, 4) is 17.2 Å². The van der Waals surface area contributed by atoms with E-state index in [9.17, 15) is 4.79 Å². The molecule has 0 unspecified atom stereocenters. The van der Waals surface area contributed by atoms with Crippen molar-refractivity contribution in [3.05, 3.63) is 90.8 Å². The summed E-state index contributed by atoms with van der Waals surface area (Å²) in [4.78, 5) is 18.4. The van der Waals surface area contributed by atoms with Gasteiger partial charge >= 0.3 is 0 Å². The Morgan fingerprint density at radius 1 is 1.00 bits per heavy atom. The molecule has 39 heavy (non-hydrogen) atoms. The molecule has 0 atom stereocenters. The van der Waals surface area contributed by atoms with Crippen molar-refractivity contribution in [1.82, 2.24) is 9.66 Å². The Morgan fingerprint density at radius 2 is 1.72 bits per heavy atom. The van der Waals surface area contributed by atoms with Crippen molar-refractivity contribution in [1.29, 1.82) is 0 Å². The molecule has 5 rings (SSSR count).